The molecule has 1 saturated heterocycles. The summed E-state index contributed by atoms with van der Waals surface area (Å²) in [4.78, 5) is 0. The minimum atomic E-state index is -0.196. The van der Waals surface area contributed by atoms with Gasteiger partial charge in [-0.25, -0.2) is 4.39 Å². The van der Waals surface area contributed by atoms with Crippen molar-refractivity contribution in [3.8, 4) is 0 Å². The SMILES string of the molecule is Nc1ccc(F)cc1CC1CCCCCN1. The number of benzene rings is 1. The zero-order valence-corrected chi connectivity index (χ0v) is 9.51. The molecule has 2 nitrogen and oxygen atoms in total. The van der Waals surface area contributed by atoms with Crippen LogP contribution in [-0.4, -0.2) is 12.6 Å². The molecule has 1 atom stereocenters. The Labute approximate surface area is 96.0 Å². The molecule has 16 heavy (non-hydrogen) atoms. The minimum Gasteiger partial charge on any atom is -0.399 e. The molecule has 3 N–H and O–H groups in total. The third-order valence-electron chi connectivity index (χ3n) is 3.23. The fourth-order valence-electron chi connectivity index (χ4n) is 2.29. The quantitative estimate of drug-likeness (QED) is 0.754. The van der Waals surface area contributed by atoms with Crippen LogP contribution in [0.1, 0.15) is 31.2 Å². The Morgan fingerprint density at radius 3 is 3.06 bits per heavy atom. The van der Waals surface area contributed by atoms with Gasteiger partial charge in [0.05, 0.1) is 0 Å². The number of rotatable bonds is 2. The van der Waals surface area contributed by atoms with Gasteiger partial charge in [0.15, 0.2) is 0 Å². The molecule has 2 rings (SSSR count). The molecule has 0 spiro atoms. The second kappa shape index (κ2) is 5.30. The summed E-state index contributed by atoms with van der Waals surface area (Å²) in [5.74, 6) is -0.196. The van der Waals surface area contributed by atoms with Crippen LogP contribution in [0.4, 0.5) is 10.1 Å². The number of nitrogen functional groups attached to an aromatic ring is 1. The standard InChI is InChI=1S/C13H19FN2/c14-11-5-6-13(15)10(8-11)9-12-4-2-1-3-7-16-12/h5-6,8,12,16H,1-4,7,9,15H2. The highest BCUT2D eigenvalue weighted by Gasteiger charge is 2.13. The maximum absolute atomic E-state index is 13.1. The van der Waals surface area contributed by atoms with E-state index in [1.807, 2.05) is 0 Å². The zero-order chi connectivity index (χ0) is 11.4. The molecule has 1 fully saturated rings. The first-order valence-electron chi connectivity index (χ1n) is 6.03. The Morgan fingerprint density at radius 2 is 2.19 bits per heavy atom. The van der Waals surface area contributed by atoms with Crippen LogP contribution in [0.3, 0.4) is 0 Å². The second-order valence-electron chi connectivity index (χ2n) is 4.55. The smallest absolute Gasteiger partial charge is 0.123 e. The summed E-state index contributed by atoms with van der Waals surface area (Å²) < 4.78 is 13.1. The lowest BCUT2D eigenvalue weighted by molar-refractivity contribution is 0.506. The van der Waals surface area contributed by atoms with Gasteiger partial charge in [-0.2, -0.15) is 0 Å². The maximum Gasteiger partial charge on any atom is 0.123 e. The Kier molecular flexibility index (Phi) is 3.78. The molecule has 88 valence electrons. The summed E-state index contributed by atoms with van der Waals surface area (Å²) in [6.45, 7) is 1.07. The highest BCUT2D eigenvalue weighted by atomic mass is 19.1. The summed E-state index contributed by atoms with van der Waals surface area (Å²) in [5.41, 5.74) is 7.48. The number of hydrogen-bond acceptors (Lipinski definition) is 2. The molecular weight excluding hydrogens is 203 g/mol. The van der Waals surface area contributed by atoms with Gasteiger partial charge in [0.25, 0.3) is 0 Å². The van der Waals surface area contributed by atoms with E-state index in [1.165, 1.54) is 25.3 Å². The number of nitrogens with one attached hydrogen (secondary N) is 1. The molecule has 0 saturated carbocycles. The van der Waals surface area contributed by atoms with E-state index in [9.17, 15) is 4.39 Å². The van der Waals surface area contributed by atoms with Crippen molar-refractivity contribution in [3.05, 3.63) is 29.6 Å². The monoisotopic (exact) mass is 222 g/mol. The average Bonchev–Trinajstić information content (AvgIpc) is 2.52. The third-order valence-corrected chi connectivity index (χ3v) is 3.23. The largest absolute Gasteiger partial charge is 0.399 e. The number of halogens is 1. The summed E-state index contributed by atoms with van der Waals surface area (Å²) >= 11 is 0. The van der Waals surface area contributed by atoms with Crippen molar-refractivity contribution in [2.75, 3.05) is 12.3 Å². The number of anilines is 1. The highest BCUT2D eigenvalue weighted by molar-refractivity contribution is 5.47. The Morgan fingerprint density at radius 1 is 1.31 bits per heavy atom. The molecule has 0 aliphatic carbocycles. The van der Waals surface area contributed by atoms with Crippen LogP contribution in [0.25, 0.3) is 0 Å². The highest BCUT2D eigenvalue weighted by Crippen LogP contribution is 2.18. The molecule has 0 aromatic heterocycles. The van der Waals surface area contributed by atoms with Crippen molar-refractivity contribution in [3.63, 3.8) is 0 Å². The molecule has 0 bridgehead atoms. The van der Waals surface area contributed by atoms with Gasteiger partial charge >= 0.3 is 0 Å². The predicted molar refractivity (Wildman–Crippen MR) is 64.8 cm³/mol. The topological polar surface area (TPSA) is 38.0 Å². The fourth-order valence-corrected chi connectivity index (χ4v) is 2.29. The van der Waals surface area contributed by atoms with Crippen molar-refractivity contribution in [1.29, 1.82) is 0 Å². The lowest BCUT2D eigenvalue weighted by atomic mass is 10.0. The van der Waals surface area contributed by atoms with E-state index in [0.29, 0.717) is 11.7 Å². The minimum absolute atomic E-state index is 0.196. The van der Waals surface area contributed by atoms with Crippen LogP contribution in [0, 0.1) is 5.82 Å². The van der Waals surface area contributed by atoms with Crippen LogP contribution < -0.4 is 11.1 Å². The fraction of sp³-hybridized carbons (Fsp3) is 0.538. The average molecular weight is 222 g/mol. The first-order chi connectivity index (χ1) is 7.75. The van der Waals surface area contributed by atoms with Crippen molar-refractivity contribution >= 4 is 5.69 Å². The van der Waals surface area contributed by atoms with Gasteiger partial charge in [-0.1, -0.05) is 12.8 Å². The van der Waals surface area contributed by atoms with Crippen molar-refractivity contribution in [2.45, 2.75) is 38.1 Å². The summed E-state index contributed by atoms with van der Waals surface area (Å²) in [6.07, 6.45) is 5.80. The molecule has 1 aliphatic rings. The van der Waals surface area contributed by atoms with Gasteiger partial charge < -0.3 is 11.1 Å². The molecule has 3 heteroatoms. The molecular formula is C13H19FN2. The molecule has 0 radical (unpaired) electrons. The molecule has 1 unspecified atom stereocenters. The molecule has 0 amide bonds. The molecule has 1 aromatic carbocycles. The summed E-state index contributed by atoms with van der Waals surface area (Å²) in [7, 11) is 0. The van der Waals surface area contributed by atoms with E-state index in [4.69, 9.17) is 5.73 Å². The number of hydrogen-bond donors (Lipinski definition) is 2. The van der Waals surface area contributed by atoms with Crippen LogP contribution in [0.2, 0.25) is 0 Å². The molecule has 1 heterocycles. The second-order valence-corrected chi connectivity index (χ2v) is 4.55. The van der Waals surface area contributed by atoms with E-state index < -0.39 is 0 Å². The Balaban J connectivity index is 2.04. The Bertz CT molecular complexity index is 344. The summed E-state index contributed by atoms with van der Waals surface area (Å²) in [5, 5.41) is 3.50. The van der Waals surface area contributed by atoms with E-state index in [0.717, 1.165) is 24.9 Å². The van der Waals surface area contributed by atoms with Gasteiger partial charge in [0.1, 0.15) is 5.82 Å². The summed E-state index contributed by atoms with van der Waals surface area (Å²) in [6, 6.07) is 5.08. The molecule has 1 aromatic rings. The van der Waals surface area contributed by atoms with Crippen LogP contribution in [0.5, 0.6) is 0 Å². The third kappa shape index (κ3) is 2.95. The van der Waals surface area contributed by atoms with Gasteiger partial charge in [-0.15, -0.1) is 0 Å². The van der Waals surface area contributed by atoms with Gasteiger partial charge in [-0.05, 0) is 49.6 Å². The lowest BCUT2D eigenvalue weighted by Gasteiger charge is -2.16. The van der Waals surface area contributed by atoms with Gasteiger partial charge in [0.2, 0.25) is 0 Å². The number of nitrogens with two attached hydrogens (primary N) is 1. The zero-order valence-electron chi connectivity index (χ0n) is 9.51. The van der Waals surface area contributed by atoms with Crippen LogP contribution in [-0.2, 0) is 6.42 Å². The normalized spacial score (nSPS) is 21.7. The van der Waals surface area contributed by atoms with Crippen molar-refractivity contribution in [2.24, 2.45) is 0 Å². The lowest BCUT2D eigenvalue weighted by Crippen LogP contribution is -2.30. The van der Waals surface area contributed by atoms with Gasteiger partial charge in [-0.3, -0.25) is 0 Å². The first kappa shape index (κ1) is 11.4. The van der Waals surface area contributed by atoms with E-state index >= 15 is 0 Å². The van der Waals surface area contributed by atoms with Crippen LogP contribution >= 0.6 is 0 Å². The van der Waals surface area contributed by atoms with Crippen molar-refractivity contribution < 1.29 is 4.39 Å². The first-order valence-corrected chi connectivity index (χ1v) is 6.03. The predicted octanol–water partition coefficient (Wildman–Crippen LogP) is 2.48. The maximum atomic E-state index is 13.1. The van der Waals surface area contributed by atoms with E-state index in [2.05, 4.69) is 5.32 Å². The van der Waals surface area contributed by atoms with E-state index in [-0.39, 0.29) is 5.82 Å². The molecule has 1 aliphatic heterocycles. The van der Waals surface area contributed by atoms with Gasteiger partial charge in [0, 0.05) is 11.7 Å². The van der Waals surface area contributed by atoms with Crippen LogP contribution in [0.15, 0.2) is 18.2 Å². The van der Waals surface area contributed by atoms with E-state index in [1.54, 1.807) is 12.1 Å². The van der Waals surface area contributed by atoms with Crippen molar-refractivity contribution in [1.82, 2.24) is 5.32 Å². The Hall–Kier alpha value is -1.09.